The summed E-state index contributed by atoms with van der Waals surface area (Å²) in [4.78, 5) is 11.5. The Bertz CT molecular complexity index is 335. The molecule has 0 saturated heterocycles. The number of hydrogen-bond donors (Lipinski definition) is 2. The highest BCUT2D eigenvalue weighted by Gasteiger charge is 2.08. The second-order valence-electron chi connectivity index (χ2n) is 3.45. The Labute approximate surface area is 98.7 Å². The van der Waals surface area contributed by atoms with Crippen molar-refractivity contribution in [2.24, 2.45) is 5.73 Å². The molecule has 0 aliphatic carbocycles. The first-order valence-corrected chi connectivity index (χ1v) is 6.02. The number of hydrogen-bond acceptors (Lipinski definition) is 3. The average molecular weight is 242 g/mol. The summed E-state index contributed by atoms with van der Waals surface area (Å²) in [6.45, 7) is 1.97. The van der Waals surface area contributed by atoms with E-state index in [1.807, 2.05) is 12.3 Å². The summed E-state index contributed by atoms with van der Waals surface area (Å²) in [6, 6.07) is 2.17. The molecule has 0 fully saturated rings. The van der Waals surface area contributed by atoms with Crippen LogP contribution in [0.4, 0.5) is 0 Å². The number of nitrogens with two attached hydrogens (primary N) is 1. The molecule has 0 aliphatic rings. The van der Waals surface area contributed by atoms with Gasteiger partial charge in [-0.3, -0.25) is 4.79 Å². The molecule has 3 N–H and O–H groups in total. The second-order valence-corrected chi connectivity index (χ2v) is 4.75. The molecule has 1 aromatic heterocycles. The van der Waals surface area contributed by atoms with Gasteiger partial charge in [-0.1, -0.05) is 12.2 Å². The van der Waals surface area contributed by atoms with Gasteiger partial charge in [0.15, 0.2) is 0 Å². The van der Waals surface area contributed by atoms with Crippen LogP contribution in [0.25, 0.3) is 0 Å². The fourth-order valence-corrected chi connectivity index (χ4v) is 2.11. The van der Waals surface area contributed by atoms with Crippen LogP contribution in [0.5, 0.6) is 0 Å². The Morgan fingerprint density at radius 2 is 2.47 bits per heavy atom. The fraction of sp³-hybridized carbons (Fsp3) is 0.400. The van der Waals surface area contributed by atoms with Crippen LogP contribution in [-0.4, -0.2) is 16.9 Å². The minimum Gasteiger partial charge on any atom is -0.393 e. The third-order valence-electron chi connectivity index (χ3n) is 1.86. The lowest BCUT2D eigenvalue weighted by Crippen LogP contribution is -2.35. The van der Waals surface area contributed by atoms with Crippen molar-refractivity contribution < 1.29 is 4.79 Å². The van der Waals surface area contributed by atoms with Crippen LogP contribution in [-0.2, 0) is 11.2 Å². The van der Waals surface area contributed by atoms with Crippen LogP contribution in [0.3, 0.4) is 0 Å². The van der Waals surface area contributed by atoms with Crippen molar-refractivity contribution in [1.29, 1.82) is 0 Å². The summed E-state index contributed by atoms with van der Waals surface area (Å²) < 4.78 is 0. The van der Waals surface area contributed by atoms with Crippen molar-refractivity contribution in [2.75, 3.05) is 0 Å². The maximum atomic E-state index is 11.3. The molecular weight excluding hydrogens is 228 g/mol. The number of amides is 1. The molecule has 1 heterocycles. The third-order valence-corrected chi connectivity index (χ3v) is 2.74. The van der Waals surface area contributed by atoms with Gasteiger partial charge >= 0.3 is 0 Å². The number of carbonyl (C=O) groups is 1. The van der Waals surface area contributed by atoms with Gasteiger partial charge in [0.1, 0.15) is 0 Å². The molecule has 0 spiro atoms. The number of thiophene rings is 1. The molecule has 5 heteroatoms. The Balaban J connectivity index is 2.32. The molecule has 3 nitrogen and oxygen atoms in total. The van der Waals surface area contributed by atoms with E-state index in [1.54, 1.807) is 11.3 Å². The summed E-state index contributed by atoms with van der Waals surface area (Å²) in [6.07, 6.45) is 0.968. The number of rotatable bonds is 5. The maximum absolute atomic E-state index is 11.3. The van der Waals surface area contributed by atoms with Crippen LogP contribution in [0.15, 0.2) is 16.8 Å². The predicted molar refractivity (Wildman–Crippen MR) is 67.0 cm³/mol. The fourth-order valence-electron chi connectivity index (χ4n) is 1.30. The Morgan fingerprint density at radius 3 is 3.00 bits per heavy atom. The molecule has 1 aromatic rings. The van der Waals surface area contributed by atoms with E-state index in [0.717, 1.165) is 6.42 Å². The molecule has 0 aromatic carbocycles. The SMILES string of the molecule is CC(Cc1ccsc1)NC(=O)CC(N)=S. The van der Waals surface area contributed by atoms with Gasteiger partial charge in [0.2, 0.25) is 5.91 Å². The minimum atomic E-state index is -0.106. The van der Waals surface area contributed by atoms with Gasteiger partial charge in [-0.25, -0.2) is 0 Å². The molecule has 0 saturated carbocycles. The normalized spacial score (nSPS) is 12.1. The molecule has 1 unspecified atom stereocenters. The van der Waals surface area contributed by atoms with Crippen molar-refractivity contribution in [1.82, 2.24) is 5.32 Å². The van der Waals surface area contributed by atoms with Crippen molar-refractivity contribution in [3.05, 3.63) is 22.4 Å². The Hall–Kier alpha value is -0.940. The molecular formula is C10H14N2OS2. The van der Waals surface area contributed by atoms with E-state index in [9.17, 15) is 4.79 Å². The second kappa shape index (κ2) is 5.82. The molecule has 15 heavy (non-hydrogen) atoms. The summed E-state index contributed by atoms with van der Waals surface area (Å²) in [5, 5.41) is 6.95. The van der Waals surface area contributed by atoms with E-state index in [-0.39, 0.29) is 23.4 Å². The van der Waals surface area contributed by atoms with Crippen LogP contribution in [0, 0.1) is 0 Å². The van der Waals surface area contributed by atoms with Crippen LogP contribution < -0.4 is 11.1 Å². The topological polar surface area (TPSA) is 55.1 Å². The molecule has 1 rings (SSSR count). The van der Waals surface area contributed by atoms with Gasteiger partial charge in [0.05, 0.1) is 11.4 Å². The zero-order valence-corrected chi connectivity index (χ0v) is 10.2. The molecule has 82 valence electrons. The van der Waals surface area contributed by atoms with Crippen molar-refractivity contribution in [2.45, 2.75) is 25.8 Å². The minimum absolute atomic E-state index is 0.106. The van der Waals surface area contributed by atoms with E-state index in [0.29, 0.717) is 0 Å². The Kier molecular flexibility index (Phi) is 4.71. The summed E-state index contributed by atoms with van der Waals surface area (Å²) in [5.74, 6) is -0.106. The lowest BCUT2D eigenvalue weighted by molar-refractivity contribution is -0.120. The quantitative estimate of drug-likeness (QED) is 0.769. The van der Waals surface area contributed by atoms with Gasteiger partial charge in [-0.05, 0) is 35.7 Å². The summed E-state index contributed by atoms with van der Waals surface area (Å²) in [5.41, 5.74) is 6.52. The molecule has 0 radical (unpaired) electrons. The highest BCUT2D eigenvalue weighted by molar-refractivity contribution is 7.80. The third kappa shape index (κ3) is 4.90. The zero-order chi connectivity index (χ0) is 11.3. The highest BCUT2D eigenvalue weighted by atomic mass is 32.1. The molecule has 0 bridgehead atoms. The average Bonchev–Trinajstić information content (AvgIpc) is 2.53. The molecule has 0 aliphatic heterocycles. The highest BCUT2D eigenvalue weighted by Crippen LogP contribution is 2.08. The monoisotopic (exact) mass is 242 g/mol. The van der Waals surface area contributed by atoms with Crippen molar-refractivity contribution in [3.63, 3.8) is 0 Å². The van der Waals surface area contributed by atoms with Gasteiger partial charge in [-0.15, -0.1) is 0 Å². The standard InChI is InChI=1S/C10H14N2OS2/c1-7(4-8-2-3-15-6-8)12-10(13)5-9(11)14/h2-3,6-7H,4-5H2,1H3,(H2,11,14)(H,12,13). The van der Waals surface area contributed by atoms with Crippen LogP contribution >= 0.6 is 23.6 Å². The van der Waals surface area contributed by atoms with E-state index < -0.39 is 0 Å². The van der Waals surface area contributed by atoms with E-state index in [2.05, 4.69) is 29.0 Å². The number of thiocarbonyl (C=S) groups is 1. The van der Waals surface area contributed by atoms with E-state index in [4.69, 9.17) is 5.73 Å². The van der Waals surface area contributed by atoms with Crippen LogP contribution in [0.1, 0.15) is 18.9 Å². The summed E-state index contributed by atoms with van der Waals surface area (Å²) in [7, 11) is 0. The van der Waals surface area contributed by atoms with Crippen molar-refractivity contribution >= 4 is 34.5 Å². The van der Waals surface area contributed by atoms with E-state index >= 15 is 0 Å². The Morgan fingerprint density at radius 1 is 1.73 bits per heavy atom. The molecule has 1 atom stereocenters. The summed E-state index contributed by atoms with van der Waals surface area (Å²) >= 11 is 6.32. The smallest absolute Gasteiger partial charge is 0.227 e. The van der Waals surface area contributed by atoms with Crippen molar-refractivity contribution in [3.8, 4) is 0 Å². The molecule has 1 amide bonds. The van der Waals surface area contributed by atoms with Gasteiger partial charge in [0, 0.05) is 6.04 Å². The van der Waals surface area contributed by atoms with Crippen LogP contribution in [0.2, 0.25) is 0 Å². The van der Waals surface area contributed by atoms with Gasteiger partial charge in [0.25, 0.3) is 0 Å². The first kappa shape index (κ1) is 12.1. The van der Waals surface area contributed by atoms with E-state index in [1.165, 1.54) is 5.56 Å². The first-order valence-electron chi connectivity index (χ1n) is 4.66. The lowest BCUT2D eigenvalue weighted by atomic mass is 10.1. The zero-order valence-electron chi connectivity index (χ0n) is 8.53. The maximum Gasteiger partial charge on any atom is 0.227 e. The first-order chi connectivity index (χ1) is 7.08. The number of carbonyl (C=O) groups excluding carboxylic acids is 1. The lowest BCUT2D eigenvalue weighted by Gasteiger charge is -2.12. The number of nitrogens with one attached hydrogen (secondary N) is 1. The largest absolute Gasteiger partial charge is 0.393 e. The van der Waals surface area contributed by atoms with Gasteiger partial charge < -0.3 is 11.1 Å². The predicted octanol–water partition coefficient (Wildman–Crippen LogP) is 1.47. The van der Waals surface area contributed by atoms with Gasteiger partial charge in [-0.2, -0.15) is 11.3 Å².